The molecule has 1 saturated carbocycles. The van der Waals surface area contributed by atoms with E-state index >= 15 is 0 Å². The summed E-state index contributed by atoms with van der Waals surface area (Å²) < 4.78 is 10.6. The van der Waals surface area contributed by atoms with E-state index < -0.39 is 5.60 Å². The number of ether oxygens (including phenoxy) is 2. The molecule has 0 radical (unpaired) electrons. The second-order valence-electron chi connectivity index (χ2n) is 8.95. The van der Waals surface area contributed by atoms with Gasteiger partial charge in [0.2, 0.25) is 0 Å². The number of carbonyl (C=O) groups is 1. The zero-order chi connectivity index (χ0) is 18.2. The van der Waals surface area contributed by atoms with Crippen LogP contribution >= 0.6 is 0 Å². The third-order valence-corrected chi connectivity index (χ3v) is 5.01. The maximum atomic E-state index is 11.9. The van der Waals surface area contributed by atoms with Crippen molar-refractivity contribution >= 4 is 6.09 Å². The molecule has 0 spiro atoms. The first-order chi connectivity index (χ1) is 11.2. The van der Waals surface area contributed by atoms with E-state index in [2.05, 4.69) is 13.8 Å². The second kappa shape index (κ2) is 9.65. The van der Waals surface area contributed by atoms with Gasteiger partial charge in [-0.15, -0.1) is 0 Å². The van der Waals surface area contributed by atoms with Crippen LogP contribution in [0.1, 0.15) is 79.6 Å². The molecule has 0 atom stereocenters. The van der Waals surface area contributed by atoms with Gasteiger partial charge in [-0.1, -0.05) is 46.0 Å². The molecule has 1 aliphatic carbocycles. The Balaban J connectivity index is 0.000000341. The summed E-state index contributed by atoms with van der Waals surface area (Å²) in [6, 6.07) is 0. The summed E-state index contributed by atoms with van der Waals surface area (Å²) >= 11 is 0. The molecule has 1 saturated heterocycles. The summed E-state index contributed by atoms with van der Waals surface area (Å²) in [5.41, 5.74) is -0.211. The molecule has 4 nitrogen and oxygen atoms in total. The number of nitrogens with zero attached hydrogens (tertiary/aromatic N) is 1. The van der Waals surface area contributed by atoms with Crippen molar-refractivity contribution in [3.8, 4) is 0 Å². The highest BCUT2D eigenvalue weighted by atomic mass is 16.6. The van der Waals surface area contributed by atoms with Crippen LogP contribution < -0.4 is 0 Å². The van der Waals surface area contributed by atoms with Crippen LogP contribution in [0.25, 0.3) is 0 Å². The van der Waals surface area contributed by atoms with Gasteiger partial charge < -0.3 is 14.4 Å². The number of rotatable bonds is 2. The molecule has 1 aliphatic heterocycles. The predicted octanol–water partition coefficient (Wildman–Crippen LogP) is 5.26. The average molecular weight is 342 g/mol. The highest BCUT2D eigenvalue weighted by Gasteiger charge is 2.33. The molecule has 142 valence electrons. The standard InChI is InChI=1S/C13H25NO3.C7H14/c1-12(2,3)17-11(15)14-8-6-13(4,7-9-14)10-16-5;1-7-5-3-2-4-6-7/h6-10H2,1-5H3;7H,2-6H2,1H3. The average Bonchev–Trinajstić information content (AvgIpc) is 2.47. The van der Waals surface area contributed by atoms with Crippen LogP contribution in [0.2, 0.25) is 0 Å². The van der Waals surface area contributed by atoms with Gasteiger partial charge in [0.05, 0.1) is 6.61 Å². The number of hydrogen-bond donors (Lipinski definition) is 0. The number of carbonyl (C=O) groups excluding carboxylic acids is 1. The van der Waals surface area contributed by atoms with Crippen LogP contribution in [0.5, 0.6) is 0 Å². The molecule has 4 heteroatoms. The van der Waals surface area contributed by atoms with E-state index in [1.54, 1.807) is 12.0 Å². The molecule has 1 heterocycles. The fraction of sp³-hybridized carbons (Fsp3) is 0.950. The van der Waals surface area contributed by atoms with E-state index in [4.69, 9.17) is 9.47 Å². The molecule has 1 amide bonds. The van der Waals surface area contributed by atoms with Crippen molar-refractivity contribution in [1.29, 1.82) is 0 Å². The first-order valence-electron chi connectivity index (χ1n) is 9.62. The summed E-state index contributed by atoms with van der Waals surface area (Å²) in [7, 11) is 1.73. The maximum Gasteiger partial charge on any atom is 0.410 e. The molecule has 2 rings (SSSR count). The van der Waals surface area contributed by atoms with E-state index in [9.17, 15) is 4.79 Å². The topological polar surface area (TPSA) is 38.8 Å². The molecule has 0 N–H and O–H groups in total. The van der Waals surface area contributed by atoms with Crippen molar-refractivity contribution in [3.05, 3.63) is 0 Å². The number of hydrogen-bond acceptors (Lipinski definition) is 3. The molecular formula is C20H39NO3. The molecule has 2 aliphatic rings. The summed E-state index contributed by atoms with van der Waals surface area (Å²) in [6.07, 6.45) is 9.18. The van der Waals surface area contributed by atoms with Crippen molar-refractivity contribution in [2.75, 3.05) is 26.8 Å². The van der Waals surface area contributed by atoms with Gasteiger partial charge >= 0.3 is 6.09 Å². The van der Waals surface area contributed by atoms with Crippen LogP contribution in [-0.4, -0.2) is 43.4 Å². The quantitative estimate of drug-likeness (QED) is 0.688. The smallest absolute Gasteiger partial charge is 0.410 e. The Bertz CT molecular complexity index is 362. The fourth-order valence-corrected chi connectivity index (χ4v) is 3.36. The van der Waals surface area contributed by atoms with Crippen molar-refractivity contribution in [1.82, 2.24) is 4.90 Å². The van der Waals surface area contributed by atoms with Gasteiger partial charge in [-0.05, 0) is 44.9 Å². The van der Waals surface area contributed by atoms with E-state index in [0.29, 0.717) is 0 Å². The third kappa shape index (κ3) is 8.36. The van der Waals surface area contributed by atoms with Crippen LogP contribution in [0.4, 0.5) is 4.79 Å². The minimum absolute atomic E-state index is 0.197. The normalized spacial score (nSPS) is 21.7. The van der Waals surface area contributed by atoms with E-state index in [-0.39, 0.29) is 11.5 Å². The van der Waals surface area contributed by atoms with Crippen molar-refractivity contribution in [2.24, 2.45) is 11.3 Å². The van der Waals surface area contributed by atoms with Gasteiger partial charge in [-0.25, -0.2) is 4.79 Å². The molecule has 0 aromatic rings. The van der Waals surface area contributed by atoms with Crippen molar-refractivity contribution < 1.29 is 14.3 Å². The molecule has 0 aromatic heterocycles. The lowest BCUT2D eigenvalue weighted by atomic mass is 9.81. The van der Waals surface area contributed by atoms with Crippen LogP contribution in [0, 0.1) is 11.3 Å². The minimum atomic E-state index is -0.412. The highest BCUT2D eigenvalue weighted by molar-refractivity contribution is 5.68. The first-order valence-corrected chi connectivity index (χ1v) is 9.62. The molecule has 0 bridgehead atoms. The van der Waals surface area contributed by atoms with Gasteiger partial charge in [-0.2, -0.15) is 0 Å². The maximum absolute atomic E-state index is 11.9. The second-order valence-corrected chi connectivity index (χ2v) is 8.95. The van der Waals surface area contributed by atoms with Gasteiger partial charge in [0.15, 0.2) is 0 Å². The van der Waals surface area contributed by atoms with Gasteiger partial charge in [0, 0.05) is 20.2 Å². The predicted molar refractivity (Wildman–Crippen MR) is 99.3 cm³/mol. The number of methoxy groups -OCH3 is 1. The molecular weight excluding hydrogens is 302 g/mol. The summed E-state index contributed by atoms with van der Waals surface area (Å²) in [6.45, 7) is 12.5. The zero-order valence-electron chi connectivity index (χ0n) is 16.8. The van der Waals surface area contributed by atoms with Gasteiger partial charge in [0.25, 0.3) is 0 Å². The Labute approximate surface area is 149 Å². The van der Waals surface area contributed by atoms with E-state index in [1.165, 1.54) is 32.1 Å². The number of piperidine rings is 1. The molecule has 0 unspecified atom stereocenters. The monoisotopic (exact) mass is 341 g/mol. The molecule has 2 fully saturated rings. The summed E-state index contributed by atoms with van der Waals surface area (Å²) in [5.74, 6) is 1.04. The Morgan fingerprint density at radius 2 is 1.67 bits per heavy atom. The van der Waals surface area contributed by atoms with Crippen molar-refractivity contribution in [3.63, 3.8) is 0 Å². The van der Waals surface area contributed by atoms with E-state index in [1.807, 2.05) is 20.8 Å². The van der Waals surface area contributed by atoms with Gasteiger partial charge in [0.1, 0.15) is 5.60 Å². The third-order valence-electron chi connectivity index (χ3n) is 5.01. The minimum Gasteiger partial charge on any atom is -0.444 e. The lowest BCUT2D eigenvalue weighted by Crippen LogP contribution is -2.45. The van der Waals surface area contributed by atoms with Crippen LogP contribution in [-0.2, 0) is 9.47 Å². The van der Waals surface area contributed by atoms with Crippen molar-refractivity contribution in [2.45, 2.75) is 85.2 Å². The Morgan fingerprint density at radius 3 is 2.04 bits per heavy atom. The zero-order valence-corrected chi connectivity index (χ0v) is 16.8. The van der Waals surface area contributed by atoms with E-state index in [0.717, 1.165) is 38.5 Å². The Hall–Kier alpha value is -0.770. The molecule has 24 heavy (non-hydrogen) atoms. The summed E-state index contributed by atoms with van der Waals surface area (Å²) in [5, 5.41) is 0. The summed E-state index contributed by atoms with van der Waals surface area (Å²) in [4.78, 5) is 13.6. The Kier molecular flexibility index (Phi) is 8.55. The highest BCUT2D eigenvalue weighted by Crippen LogP contribution is 2.31. The fourth-order valence-electron chi connectivity index (χ4n) is 3.36. The largest absolute Gasteiger partial charge is 0.444 e. The number of amides is 1. The van der Waals surface area contributed by atoms with Crippen LogP contribution in [0.15, 0.2) is 0 Å². The SMILES string of the molecule is CC1CCCCC1.COCC1(C)CCN(C(=O)OC(C)(C)C)CC1. The van der Waals surface area contributed by atoms with Gasteiger partial charge in [-0.3, -0.25) is 0 Å². The lowest BCUT2D eigenvalue weighted by Gasteiger charge is -2.39. The lowest BCUT2D eigenvalue weighted by molar-refractivity contribution is -0.00140. The van der Waals surface area contributed by atoms with Crippen LogP contribution in [0.3, 0.4) is 0 Å². The Morgan fingerprint density at radius 1 is 1.12 bits per heavy atom. The number of likely N-dealkylation sites (tertiary alicyclic amines) is 1. The first kappa shape index (κ1) is 21.3. The molecule has 0 aromatic carbocycles.